The number of hydrogen-bond acceptors (Lipinski definition) is 6. The first-order valence-electron chi connectivity index (χ1n) is 7.13. The third-order valence-electron chi connectivity index (χ3n) is 3.42. The summed E-state index contributed by atoms with van der Waals surface area (Å²) >= 11 is 0. The lowest BCUT2D eigenvalue weighted by Crippen LogP contribution is -2.50. The number of ether oxygens (including phenoxy) is 1. The van der Waals surface area contributed by atoms with Crippen LogP contribution in [0, 0.1) is 0 Å². The van der Waals surface area contributed by atoms with Crippen LogP contribution in [-0.2, 0) is 14.8 Å². The van der Waals surface area contributed by atoms with Crippen molar-refractivity contribution in [2.45, 2.75) is 12.0 Å². The zero-order valence-electron chi connectivity index (χ0n) is 12.9. The first kappa shape index (κ1) is 17.3. The van der Waals surface area contributed by atoms with Crippen LogP contribution in [0.4, 0.5) is 4.79 Å². The van der Waals surface area contributed by atoms with Crippen molar-refractivity contribution >= 4 is 22.0 Å². The summed E-state index contributed by atoms with van der Waals surface area (Å²) in [6.07, 6.45) is -0.403. The van der Waals surface area contributed by atoms with E-state index in [-0.39, 0.29) is 10.9 Å². The number of furan rings is 1. The molecule has 0 aliphatic carbocycles. The Balaban J connectivity index is 1.99. The highest BCUT2D eigenvalue weighted by Crippen LogP contribution is 2.16. The quantitative estimate of drug-likeness (QED) is 0.829. The van der Waals surface area contributed by atoms with Crippen molar-refractivity contribution in [1.82, 2.24) is 14.5 Å². The molecule has 1 aromatic heterocycles. The molecule has 128 valence electrons. The van der Waals surface area contributed by atoms with Gasteiger partial charge >= 0.3 is 6.09 Å². The van der Waals surface area contributed by atoms with Gasteiger partial charge in [-0.25, -0.2) is 17.9 Å². The number of piperazine rings is 1. The lowest BCUT2D eigenvalue weighted by molar-refractivity contribution is 0.0542. The molecule has 0 atom stereocenters. The first-order chi connectivity index (χ1) is 10.9. The highest BCUT2D eigenvalue weighted by molar-refractivity contribution is 7.89. The number of nitrogens with one attached hydrogen (secondary N) is 1. The van der Waals surface area contributed by atoms with E-state index in [1.165, 1.54) is 29.0 Å². The smallest absolute Gasteiger partial charge is 0.409 e. The highest BCUT2D eigenvalue weighted by Gasteiger charge is 2.28. The van der Waals surface area contributed by atoms with Gasteiger partial charge in [0, 0.05) is 26.2 Å². The normalized spacial score (nSPS) is 15.6. The Bertz CT molecular complexity index is 676. The van der Waals surface area contributed by atoms with Crippen molar-refractivity contribution < 1.29 is 27.2 Å². The van der Waals surface area contributed by atoms with Crippen LogP contribution >= 0.6 is 0 Å². The summed E-state index contributed by atoms with van der Waals surface area (Å²) in [7, 11) is -2.47. The molecule has 0 unspecified atom stereocenters. The molecule has 1 aromatic rings. The molecule has 0 spiro atoms. The number of amides is 2. The van der Waals surface area contributed by atoms with E-state index in [0.29, 0.717) is 32.8 Å². The second-order valence-electron chi connectivity index (χ2n) is 4.80. The maximum atomic E-state index is 12.3. The number of nitrogens with zero attached hydrogens (tertiary/aromatic N) is 2. The van der Waals surface area contributed by atoms with Gasteiger partial charge < -0.3 is 19.0 Å². The summed E-state index contributed by atoms with van der Waals surface area (Å²) < 4.78 is 35.4. The zero-order chi connectivity index (χ0) is 17.0. The minimum Gasteiger partial charge on any atom is -0.450 e. The second kappa shape index (κ2) is 7.01. The molecule has 1 aliphatic heterocycles. The molecule has 2 amide bonds. The van der Waals surface area contributed by atoms with E-state index in [4.69, 9.17) is 9.15 Å². The number of carbonyl (C=O) groups is 2. The minimum atomic E-state index is -3.72. The Labute approximate surface area is 134 Å². The predicted octanol–water partition coefficient (Wildman–Crippen LogP) is 0.102. The van der Waals surface area contributed by atoms with Crippen LogP contribution in [0.3, 0.4) is 0 Å². The van der Waals surface area contributed by atoms with Crippen molar-refractivity contribution in [3.05, 3.63) is 17.9 Å². The summed E-state index contributed by atoms with van der Waals surface area (Å²) in [5.74, 6) is -0.463. The summed E-state index contributed by atoms with van der Waals surface area (Å²) in [6, 6.07) is 2.55. The molecule has 9 nitrogen and oxygen atoms in total. The Hall–Kier alpha value is -2.07. The molecule has 2 heterocycles. The molecule has 1 fully saturated rings. The largest absolute Gasteiger partial charge is 0.450 e. The van der Waals surface area contributed by atoms with Crippen molar-refractivity contribution in [2.24, 2.45) is 0 Å². The van der Waals surface area contributed by atoms with Crippen molar-refractivity contribution in [3.63, 3.8) is 0 Å². The van der Waals surface area contributed by atoms with Crippen molar-refractivity contribution in [2.75, 3.05) is 39.8 Å². The lowest BCUT2D eigenvalue weighted by Gasteiger charge is -2.33. The molecule has 1 aliphatic rings. The summed E-state index contributed by atoms with van der Waals surface area (Å²) in [5.41, 5.74) is 0. The van der Waals surface area contributed by atoms with E-state index in [1.807, 2.05) is 0 Å². The number of carbonyl (C=O) groups excluding carboxylic acids is 2. The van der Waals surface area contributed by atoms with E-state index >= 15 is 0 Å². The van der Waals surface area contributed by atoms with E-state index in [0.717, 1.165) is 0 Å². The molecule has 2 rings (SSSR count). The van der Waals surface area contributed by atoms with Crippen LogP contribution < -0.4 is 4.72 Å². The number of sulfonamides is 1. The molecule has 10 heteroatoms. The third-order valence-corrected chi connectivity index (χ3v) is 4.71. The van der Waals surface area contributed by atoms with E-state index in [1.54, 1.807) is 6.92 Å². The topological polar surface area (TPSA) is 109 Å². The molecule has 0 bridgehead atoms. The molecular weight excluding hydrogens is 326 g/mol. The molecule has 1 saturated heterocycles. The minimum absolute atomic E-state index is 0.0524. The summed E-state index contributed by atoms with van der Waals surface area (Å²) in [5, 5.41) is -0.312. The van der Waals surface area contributed by atoms with Crippen molar-refractivity contribution in [3.8, 4) is 0 Å². The Morgan fingerprint density at radius 1 is 1.22 bits per heavy atom. The predicted molar refractivity (Wildman–Crippen MR) is 79.5 cm³/mol. The van der Waals surface area contributed by atoms with Crippen LogP contribution in [0.25, 0.3) is 0 Å². The van der Waals surface area contributed by atoms with Gasteiger partial charge in [-0.1, -0.05) is 0 Å². The molecule has 1 N–H and O–H groups in total. The van der Waals surface area contributed by atoms with E-state index in [2.05, 4.69) is 4.72 Å². The van der Waals surface area contributed by atoms with Gasteiger partial charge in [0.25, 0.3) is 15.9 Å². The van der Waals surface area contributed by atoms with Crippen LogP contribution in [0.1, 0.15) is 17.5 Å². The Kier molecular flexibility index (Phi) is 5.26. The average molecular weight is 345 g/mol. The fourth-order valence-corrected chi connectivity index (χ4v) is 2.79. The van der Waals surface area contributed by atoms with E-state index < -0.39 is 22.0 Å². The number of hydrogen-bond donors (Lipinski definition) is 1. The summed E-state index contributed by atoms with van der Waals surface area (Å²) in [4.78, 5) is 26.9. The van der Waals surface area contributed by atoms with Gasteiger partial charge in [-0.3, -0.25) is 4.79 Å². The molecule has 0 saturated carbocycles. The standard InChI is InChI=1S/C13H19N3O6S/c1-3-21-13(18)16-8-6-15(7-9-16)12(17)10-4-5-11(22-10)23(19,20)14-2/h4-5,14H,3,6-9H2,1-2H3. The Morgan fingerprint density at radius 3 is 2.39 bits per heavy atom. The van der Waals surface area contributed by atoms with Gasteiger partial charge in [0.2, 0.25) is 5.09 Å². The average Bonchev–Trinajstić information content (AvgIpc) is 3.05. The van der Waals surface area contributed by atoms with E-state index in [9.17, 15) is 18.0 Å². The molecule has 23 heavy (non-hydrogen) atoms. The third kappa shape index (κ3) is 3.82. The van der Waals surface area contributed by atoms with Crippen molar-refractivity contribution in [1.29, 1.82) is 0 Å². The SMILES string of the molecule is CCOC(=O)N1CCN(C(=O)c2ccc(S(=O)(=O)NC)o2)CC1. The number of rotatable bonds is 4. The molecular formula is C13H19N3O6S. The second-order valence-corrected chi connectivity index (χ2v) is 6.62. The van der Waals surface area contributed by atoms with Gasteiger partial charge in [0.15, 0.2) is 5.76 Å². The van der Waals surface area contributed by atoms with Gasteiger partial charge in [0.1, 0.15) is 0 Å². The molecule has 0 radical (unpaired) electrons. The zero-order valence-corrected chi connectivity index (χ0v) is 13.8. The first-order valence-corrected chi connectivity index (χ1v) is 8.61. The van der Waals surface area contributed by atoms with Crippen LogP contribution in [0.15, 0.2) is 21.6 Å². The van der Waals surface area contributed by atoms with Crippen LogP contribution in [0.2, 0.25) is 0 Å². The fourth-order valence-electron chi connectivity index (χ4n) is 2.14. The van der Waals surface area contributed by atoms with Crippen LogP contribution in [-0.4, -0.2) is 70.1 Å². The van der Waals surface area contributed by atoms with Crippen LogP contribution in [0.5, 0.6) is 0 Å². The van der Waals surface area contributed by atoms with Gasteiger partial charge in [-0.15, -0.1) is 0 Å². The summed E-state index contributed by atoms with van der Waals surface area (Å²) in [6.45, 7) is 3.39. The van der Waals surface area contributed by atoms with Gasteiger partial charge in [0.05, 0.1) is 6.61 Å². The fraction of sp³-hybridized carbons (Fsp3) is 0.538. The maximum Gasteiger partial charge on any atom is 0.409 e. The highest BCUT2D eigenvalue weighted by atomic mass is 32.2. The van der Waals surface area contributed by atoms with Gasteiger partial charge in [-0.2, -0.15) is 0 Å². The Morgan fingerprint density at radius 2 is 1.83 bits per heavy atom. The van der Waals surface area contributed by atoms with Gasteiger partial charge in [-0.05, 0) is 26.1 Å². The molecule has 0 aromatic carbocycles. The maximum absolute atomic E-state index is 12.3. The lowest BCUT2D eigenvalue weighted by atomic mass is 10.3. The monoisotopic (exact) mass is 345 g/mol.